The second-order valence-corrected chi connectivity index (χ2v) is 2.81. The van der Waals surface area contributed by atoms with E-state index in [9.17, 15) is 9.59 Å². The fraction of sp³-hybridized carbons (Fsp3) is 0.750. The van der Waals surface area contributed by atoms with Gasteiger partial charge in [0.25, 0.3) is 0 Å². The smallest absolute Gasteiger partial charge is 0.325 e. The molecule has 0 aliphatic carbocycles. The first kappa shape index (κ1) is 12.7. The summed E-state index contributed by atoms with van der Waals surface area (Å²) in [4.78, 5) is 21.3. The zero-order valence-corrected chi connectivity index (χ0v) is 8.37. The minimum atomic E-state index is -1.06. The fourth-order valence-electron chi connectivity index (χ4n) is 0.728. The molecule has 0 rings (SSSR count). The molecule has 0 spiro atoms. The van der Waals surface area contributed by atoms with Crippen molar-refractivity contribution in [2.45, 2.75) is 19.4 Å². The van der Waals surface area contributed by atoms with Gasteiger partial charge < -0.3 is 20.5 Å². The van der Waals surface area contributed by atoms with Crippen molar-refractivity contribution in [3.63, 3.8) is 0 Å². The molecule has 0 unspecified atom stereocenters. The third kappa shape index (κ3) is 6.24. The van der Waals surface area contributed by atoms with Crippen molar-refractivity contribution in [3.8, 4) is 0 Å². The number of nitrogens with one attached hydrogen (secondary N) is 2. The van der Waals surface area contributed by atoms with Crippen molar-refractivity contribution < 1.29 is 19.4 Å². The molecule has 0 aromatic rings. The molecule has 3 N–H and O–H groups in total. The summed E-state index contributed by atoms with van der Waals surface area (Å²) in [5.74, 6) is -1.06. The summed E-state index contributed by atoms with van der Waals surface area (Å²) in [6.07, 6.45) is 0.700. The molecule has 0 heterocycles. The second-order valence-electron chi connectivity index (χ2n) is 2.81. The van der Waals surface area contributed by atoms with Crippen LogP contribution in [-0.4, -0.2) is 43.4 Å². The van der Waals surface area contributed by atoms with E-state index >= 15 is 0 Å². The largest absolute Gasteiger partial charge is 0.480 e. The third-order valence-corrected chi connectivity index (χ3v) is 1.53. The van der Waals surface area contributed by atoms with Gasteiger partial charge in [0.1, 0.15) is 6.04 Å². The Morgan fingerprint density at radius 3 is 2.64 bits per heavy atom. The number of hydrogen-bond acceptors (Lipinski definition) is 3. The number of carboxylic acid groups (broad SMARTS) is 1. The van der Waals surface area contributed by atoms with E-state index in [2.05, 4.69) is 10.6 Å². The van der Waals surface area contributed by atoms with Gasteiger partial charge >= 0.3 is 12.0 Å². The van der Waals surface area contributed by atoms with E-state index in [1.54, 1.807) is 7.11 Å². The highest BCUT2D eigenvalue weighted by atomic mass is 16.5. The van der Waals surface area contributed by atoms with Gasteiger partial charge in [0, 0.05) is 20.3 Å². The summed E-state index contributed by atoms with van der Waals surface area (Å²) >= 11 is 0. The van der Waals surface area contributed by atoms with Gasteiger partial charge in [-0.2, -0.15) is 0 Å². The number of urea groups is 1. The molecular formula is C8H16N2O4. The highest BCUT2D eigenvalue weighted by Crippen LogP contribution is 1.82. The maximum Gasteiger partial charge on any atom is 0.325 e. The number of hydrogen-bond donors (Lipinski definition) is 3. The topological polar surface area (TPSA) is 87.7 Å². The number of amides is 2. The predicted octanol–water partition coefficient (Wildman–Crippen LogP) is -0.205. The molecule has 0 saturated heterocycles. The van der Waals surface area contributed by atoms with E-state index in [-0.39, 0.29) is 0 Å². The first-order chi connectivity index (χ1) is 6.57. The molecule has 0 fully saturated rings. The van der Waals surface area contributed by atoms with Crippen LogP contribution in [0.15, 0.2) is 0 Å². The molecule has 14 heavy (non-hydrogen) atoms. The summed E-state index contributed by atoms with van der Waals surface area (Å²) in [5.41, 5.74) is 0. The normalized spacial score (nSPS) is 11.9. The summed E-state index contributed by atoms with van der Waals surface area (Å²) in [6.45, 7) is 2.43. The van der Waals surface area contributed by atoms with Crippen LogP contribution in [0.2, 0.25) is 0 Å². The number of carboxylic acids is 1. The number of ether oxygens (including phenoxy) is 1. The first-order valence-electron chi connectivity index (χ1n) is 4.34. The summed E-state index contributed by atoms with van der Waals surface area (Å²) in [5, 5.41) is 13.3. The van der Waals surface area contributed by atoms with Crippen LogP contribution in [0.4, 0.5) is 4.79 Å². The Morgan fingerprint density at radius 1 is 1.50 bits per heavy atom. The van der Waals surface area contributed by atoms with Crippen molar-refractivity contribution in [1.29, 1.82) is 0 Å². The van der Waals surface area contributed by atoms with Gasteiger partial charge in [-0.15, -0.1) is 0 Å². The lowest BCUT2D eigenvalue weighted by molar-refractivity contribution is -0.138. The lowest BCUT2D eigenvalue weighted by Gasteiger charge is -2.10. The van der Waals surface area contributed by atoms with E-state index < -0.39 is 18.0 Å². The molecule has 82 valence electrons. The maximum atomic E-state index is 11.0. The van der Waals surface area contributed by atoms with E-state index in [0.717, 1.165) is 0 Å². The summed E-state index contributed by atoms with van der Waals surface area (Å²) in [6, 6.07) is -1.35. The van der Waals surface area contributed by atoms with Crippen molar-refractivity contribution in [2.75, 3.05) is 20.3 Å². The number of carbonyl (C=O) groups excluding carboxylic acids is 1. The number of carbonyl (C=O) groups is 2. The Hall–Kier alpha value is -1.30. The van der Waals surface area contributed by atoms with Crippen LogP contribution in [0, 0.1) is 0 Å². The van der Waals surface area contributed by atoms with Gasteiger partial charge in [0.2, 0.25) is 0 Å². The quantitative estimate of drug-likeness (QED) is 0.523. The summed E-state index contributed by atoms with van der Waals surface area (Å²) in [7, 11) is 1.58. The third-order valence-electron chi connectivity index (χ3n) is 1.53. The lowest BCUT2D eigenvalue weighted by atomic mass is 10.3. The fourth-order valence-corrected chi connectivity index (χ4v) is 0.728. The maximum absolute atomic E-state index is 11.0. The Bertz CT molecular complexity index is 196. The highest BCUT2D eigenvalue weighted by molar-refractivity contribution is 5.82. The predicted molar refractivity (Wildman–Crippen MR) is 50.1 cm³/mol. The minimum Gasteiger partial charge on any atom is -0.480 e. The average Bonchev–Trinajstić information content (AvgIpc) is 2.12. The van der Waals surface area contributed by atoms with Crippen molar-refractivity contribution in [3.05, 3.63) is 0 Å². The highest BCUT2D eigenvalue weighted by Gasteiger charge is 2.12. The van der Waals surface area contributed by atoms with Crippen LogP contribution in [0.1, 0.15) is 13.3 Å². The van der Waals surface area contributed by atoms with Gasteiger partial charge in [-0.25, -0.2) is 4.79 Å². The molecule has 0 aromatic carbocycles. The van der Waals surface area contributed by atoms with Crippen LogP contribution in [-0.2, 0) is 9.53 Å². The average molecular weight is 204 g/mol. The van der Waals surface area contributed by atoms with Gasteiger partial charge in [0.15, 0.2) is 0 Å². The molecular weight excluding hydrogens is 188 g/mol. The molecule has 0 aliphatic heterocycles. The molecule has 2 amide bonds. The van der Waals surface area contributed by atoms with Crippen LogP contribution < -0.4 is 10.6 Å². The molecule has 0 bridgehead atoms. The lowest BCUT2D eigenvalue weighted by Crippen LogP contribution is -2.44. The molecule has 0 saturated carbocycles. The zero-order chi connectivity index (χ0) is 11.0. The number of aliphatic carboxylic acids is 1. The van der Waals surface area contributed by atoms with Crippen molar-refractivity contribution in [2.24, 2.45) is 0 Å². The van der Waals surface area contributed by atoms with E-state index in [4.69, 9.17) is 9.84 Å². The van der Waals surface area contributed by atoms with Crippen LogP contribution in [0.25, 0.3) is 0 Å². The minimum absolute atomic E-state index is 0.464. The number of rotatable bonds is 6. The molecule has 1 atom stereocenters. The Balaban J connectivity index is 3.50. The molecule has 6 nitrogen and oxygen atoms in total. The molecule has 0 aliphatic rings. The van der Waals surface area contributed by atoms with E-state index in [1.807, 2.05) is 0 Å². The first-order valence-corrected chi connectivity index (χ1v) is 4.34. The van der Waals surface area contributed by atoms with Gasteiger partial charge in [-0.3, -0.25) is 4.79 Å². The Labute approximate surface area is 82.6 Å². The SMILES string of the molecule is COCCCNC(=O)N[C@H](C)C(=O)O. The van der Waals surface area contributed by atoms with E-state index in [0.29, 0.717) is 19.6 Å². The van der Waals surface area contributed by atoms with Gasteiger partial charge in [-0.05, 0) is 13.3 Å². The number of methoxy groups -OCH3 is 1. The van der Waals surface area contributed by atoms with Gasteiger partial charge in [-0.1, -0.05) is 0 Å². The van der Waals surface area contributed by atoms with Gasteiger partial charge in [0.05, 0.1) is 0 Å². The van der Waals surface area contributed by atoms with Crippen molar-refractivity contribution >= 4 is 12.0 Å². The van der Waals surface area contributed by atoms with Crippen LogP contribution in [0.5, 0.6) is 0 Å². The monoisotopic (exact) mass is 204 g/mol. The van der Waals surface area contributed by atoms with Crippen LogP contribution >= 0.6 is 0 Å². The molecule has 6 heteroatoms. The molecule has 0 aromatic heterocycles. The summed E-state index contributed by atoms with van der Waals surface area (Å²) < 4.78 is 4.78. The zero-order valence-electron chi connectivity index (χ0n) is 8.37. The second kappa shape index (κ2) is 7.14. The Kier molecular flexibility index (Phi) is 6.47. The van der Waals surface area contributed by atoms with Crippen molar-refractivity contribution in [1.82, 2.24) is 10.6 Å². The van der Waals surface area contributed by atoms with Crippen LogP contribution in [0.3, 0.4) is 0 Å². The molecule has 0 radical (unpaired) electrons. The standard InChI is InChI=1S/C8H16N2O4/c1-6(7(11)12)10-8(13)9-4-3-5-14-2/h6H,3-5H2,1-2H3,(H,11,12)(H2,9,10,13)/t6-/m1/s1. The Morgan fingerprint density at radius 2 is 2.14 bits per heavy atom. The van der Waals surface area contributed by atoms with E-state index in [1.165, 1.54) is 6.92 Å².